The number of nitrogens with zero attached hydrogens (tertiary/aromatic N) is 1. The minimum Gasteiger partial charge on any atom is -0.493 e. The van der Waals surface area contributed by atoms with Crippen LogP contribution in [0.3, 0.4) is 0 Å². The molecule has 0 saturated carbocycles. The topological polar surface area (TPSA) is 68.2 Å². The van der Waals surface area contributed by atoms with Crippen LogP contribution < -0.4 is 14.5 Å². The molecule has 0 saturated heterocycles. The second-order valence-corrected chi connectivity index (χ2v) is 6.23. The maximum atomic E-state index is 11.7. The number of amides is 1. The van der Waals surface area contributed by atoms with Gasteiger partial charge < -0.3 is 14.2 Å². The van der Waals surface area contributed by atoms with Crippen LogP contribution in [0.1, 0.15) is 30.5 Å². The van der Waals surface area contributed by atoms with Crippen LogP contribution in [-0.2, 0) is 17.8 Å². The summed E-state index contributed by atoms with van der Waals surface area (Å²) in [5.41, 5.74) is 2.94. The van der Waals surface area contributed by atoms with Gasteiger partial charge in [0, 0.05) is 0 Å². The Morgan fingerprint density at radius 2 is 1.93 bits per heavy atom. The number of aryl methyl sites for hydroxylation is 2. The molecule has 27 heavy (non-hydrogen) atoms. The third kappa shape index (κ3) is 4.84. The average molecular weight is 394 g/mol. The smallest absolute Gasteiger partial charge is 0.438 e. The monoisotopic (exact) mass is 393 g/mol. The molecule has 1 N–H and O–H groups in total. The Hall–Kier alpha value is -2.44. The number of anilines is 1. The number of hydrogen-bond acceptors (Lipinski definition) is 5. The SMILES string of the molecule is CCOc1cccc(N(O)C(=O)OC)c1COc1cc(C)c(CC)cc1Cl. The van der Waals surface area contributed by atoms with Crippen molar-refractivity contribution in [3.8, 4) is 11.5 Å². The number of halogens is 1. The highest BCUT2D eigenvalue weighted by molar-refractivity contribution is 6.32. The highest BCUT2D eigenvalue weighted by atomic mass is 35.5. The Labute approximate surface area is 164 Å². The molecule has 1 amide bonds. The fraction of sp³-hybridized carbons (Fsp3) is 0.350. The zero-order valence-electron chi connectivity index (χ0n) is 15.9. The van der Waals surface area contributed by atoms with E-state index in [2.05, 4.69) is 11.7 Å². The lowest BCUT2D eigenvalue weighted by Gasteiger charge is -2.20. The molecule has 0 aliphatic rings. The van der Waals surface area contributed by atoms with Gasteiger partial charge in [-0.1, -0.05) is 24.6 Å². The Balaban J connectivity index is 2.36. The Kier molecular flexibility index (Phi) is 7.33. The molecule has 146 valence electrons. The second kappa shape index (κ2) is 9.48. The van der Waals surface area contributed by atoms with Gasteiger partial charge in [0.1, 0.15) is 18.1 Å². The van der Waals surface area contributed by atoms with E-state index < -0.39 is 6.09 Å². The van der Waals surface area contributed by atoms with Gasteiger partial charge in [0.05, 0.1) is 30.0 Å². The molecular formula is C20H24ClNO5. The number of carbonyl (C=O) groups is 1. The first-order valence-corrected chi connectivity index (χ1v) is 9.04. The van der Waals surface area contributed by atoms with E-state index in [9.17, 15) is 10.0 Å². The van der Waals surface area contributed by atoms with E-state index in [0.29, 0.717) is 33.8 Å². The van der Waals surface area contributed by atoms with Gasteiger partial charge in [-0.2, -0.15) is 5.06 Å². The summed E-state index contributed by atoms with van der Waals surface area (Å²) in [6, 6.07) is 8.74. The van der Waals surface area contributed by atoms with Gasteiger partial charge in [0.25, 0.3) is 0 Å². The molecule has 0 fully saturated rings. The number of benzene rings is 2. The molecule has 0 unspecified atom stereocenters. The van der Waals surface area contributed by atoms with E-state index in [0.717, 1.165) is 17.5 Å². The van der Waals surface area contributed by atoms with Crippen molar-refractivity contribution in [2.24, 2.45) is 0 Å². The highest BCUT2D eigenvalue weighted by Crippen LogP contribution is 2.33. The number of carbonyl (C=O) groups excluding carboxylic acids is 1. The summed E-state index contributed by atoms with van der Waals surface area (Å²) in [6.07, 6.45) is -0.0343. The molecule has 2 aromatic carbocycles. The van der Waals surface area contributed by atoms with Crippen molar-refractivity contribution in [2.45, 2.75) is 33.8 Å². The van der Waals surface area contributed by atoms with Gasteiger partial charge >= 0.3 is 6.09 Å². The first-order valence-electron chi connectivity index (χ1n) is 8.66. The van der Waals surface area contributed by atoms with Crippen LogP contribution in [0, 0.1) is 6.92 Å². The molecule has 0 bridgehead atoms. The summed E-state index contributed by atoms with van der Waals surface area (Å²) in [7, 11) is 1.19. The third-order valence-corrected chi connectivity index (χ3v) is 4.42. The van der Waals surface area contributed by atoms with Crippen molar-refractivity contribution in [3.05, 3.63) is 52.0 Å². The van der Waals surface area contributed by atoms with Gasteiger partial charge in [0.15, 0.2) is 0 Å². The number of methoxy groups -OCH3 is 1. The van der Waals surface area contributed by atoms with Gasteiger partial charge in [-0.15, -0.1) is 0 Å². The van der Waals surface area contributed by atoms with Gasteiger partial charge in [-0.25, -0.2) is 4.79 Å². The Morgan fingerprint density at radius 1 is 1.19 bits per heavy atom. The molecule has 0 aliphatic heterocycles. The Morgan fingerprint density at radius 3 is 2.56 bits per heavy atom. The van der Waals surface area contributed by atoms with Crippen molar-refractivity contribution in [1.82, 2.24) is 0 Å². The summed E-state index contributed by atoms with van der Waals surface area (Å²) >= 11 is 6.33. The molecule has 7 heteroatoms. The quantitative estimate of drug-likeness (QED) is 0.520. The average Bonchev–Trinajstić information content (AvgIpc) is 2.67. The van der Waals surface area contributed by atoms with E-state index in [-0.39, 0.29) is 12.3 Å². The van der Waals surface area contributed by atoms with Crippen molar-refractivity contribution in [1.29, 1.82) is 0 Å². The van der Waals surface area contributed by atoms with Crippen LogP contribution in [0.4, 0.5) is 10.5 Å². The van der Waals surface area contributed by atoms with E-state index in [1.54, 1.807) is 18.2 Å². The zero-order chi connectivity index (χ0) is 20.0. The molecule has 2 aromatic rings. The molecular weight excluding hydrogens is 370 g/mol. The molecule has 6 nitrogen and oxygen atoms in total. The molecule has 0 atom stereocenters. The van der Waals surface area contributed by atoms with Gasteiger partial charge in [-0.3, -0.25) is 5.21 Å². The number of ether oxygens (including phenoxy) is 3. The van der Waals surface area contributed by atoms with E-state index in [4.69, 9.17) is 21.1 Å². The first kappa shape index (κ1) is 20.9. The molecule has 0 aromatic heterocycles. The van der Waals surface area contributed by atoms with Crippen LogP contribution in [0.15, 0.2) is 30.3 Å². The van der Waals surface area contributed by atoms with Crippen molar-refractivity contribution in [2.75, 3.05) is 18.8 Å². The lowest BCUT2D eigenvalue weighted by Crippen LogP contribution is -2.28. The van der Waals surface area contributed by atoms with Crippen LogP contribution in [0.2, 0.25) is 5.02 Å². The largest absolute Gasteiger partial charge is 0.493 e. The number of hydrogen-bond donors (Lipinski definition) is 1. The number of hydroxylamine groups is 1. The third-order valence-electron chi connectivity index (χ3n) is 4.13. The van der Waals surface area contributed by atoms with Crippen LogP contribution in [0.5, 0.6) is 11.5 Å². The van der Waals surface area contributed by atoms with Crippen molar-refractivity contribution in [3.63, 3.8) is 0 Å². The van der Waals surface area contributed by atoms with Gasteiger partial charge in [0.2, 0.25) is 0 Å². The molecule has 0 aliphatic carbocycles. The van der Waals surface area contributed by atoms with Crippen molar-refractivity contribution < 1.29 is 24.2 Å². The summed E-state index contributed by atoms with van der Waals surface area (Å²) in [5, 5.41) is 11.1. The molecule has 0 heterocycles. The molecule has 0 spiro atoms. The lowest BCUT2D eigenvalue weighted by molar-refractivity contribution is 0.140. The fourth-order valence-electron chi connectivity index (χ4n) is 2.71. The standard InChI is InChI=1S/C20H24ClNO5/c1-5-14-11-16(21)19(10-13(14)3)27-12-15-17(22(24)20(23)25-4)8-7-9-18(15)26-6-2/h7-11,24H,5-6,12H2,1-4H3. The maximum absolute atomic E-state index is 11.7. The Bertz CT molecular complexity index is 809. The van der Waals surface area contributed by atoms with Crippen molar-refractivity contribution >= 4 is 23.4 Å². The first-order chi connectivity index (χ1) is 12.9. The molecule has 0 radical (unpaired) electrons. The van der Waals surface area contributed by atoms with Gasteiger partial charge in [-0.05, 0) is 55.7 Å². The van der Waals surface area contributed by atoms with E-state index in [1.165, 1.54) is 7.11 Å². The summed E-state index contributed by atoms with van der Waals surface area (Å²) < 4.78 is 16.1. The second-order valence-electron chi connectivity index (χ2n) is 5.82. The summed E-state index contributed by atoms with van der Waals surface area (Å²) in [6.45, 7) is 6.37. The van der Waals surface area contributed by atoms with Crippen LogP contribution in [-0.4, -0.2) is 25.0 Å². The molecule has 2 rings (SSSR count). The minimum atomic E-state index is -0.911. The minimum absolute atomic E-state index is 0.0458. The van der Waals surface area contributed by atoms with E-state index >= 15 is 0 Å². The predicted molar refractivity (Wildman–Crippen MR) is 104 cm³/mol. The number of rotatable bonds is 7. The van der Waals surface area contributed by atoms with Crippen LogP contribution >= 0.6 is 11.6 Å². The maximum Gasteiger partial charge on any atom is 0.438 e. The normalized spacial score (nSPS) is 10.4. The predicted octanol–water partition coefficient (Wildman–Crippen LogP) is 5.15. The fourth-order valence-corrected chi connectivity index (χ4v) is 2.95. The summed E-state index contributed by atoms with van der Waals surface area (Å²) in [4.78, 5) is 11.7. The van der Waals surface area contributed by atoms with E-state index in [1.807, 2.05) is 26.0 Å². The lowest BCUT2D eigenvalue weighted by atomic mass is 10.1. The zero-order valence-corrected chi connectivity index (χ0v) is 16.7. The van der Waals surface area contributed by atoms with Crippen LogP contribution in [0.25, 0.3) is 0 Å². The highest BCUT2D eigenvalue weighted by Gasteiger charge is 2.21. The summed E-state index contributed by atoms with van der Waals surface area (Å²) in [5.74, 6) is 1.02.